The molecule has 0 spiro atoms. The van der Waals surface area contributed by atoms with Crippen LogP contribution in [0.3, 0.4) is 0 Å². The average molecular weight is 362 g/mol. The molecular weight excluding hydrogens is 344 g/mol. The fraction of sp³-hybridized carbons (Fsp3) is 0.417. The van der Waals surface area contributed by atoms with E-state index in [1.54, 1.807) is 6.92 Å². The Balaban J connectivity index is 0.00000288. The summed E-state index contributed by atoms with van der Waals surface area (Å²) in [4.78, 5) is 15.7. The van der Waals surface area contributed by atoms with Gasteiger partial charge in [-0.1, -0.05) is 17.1 Å². The predicted molar refractivity (Wildman–Crippen MR) is 79.6 cm³/mol. The van der Waals surface area contributed by atoms with Gasteiger partial charge in [0, 0.05) is 12.6 Å². The lowest BCUT2D eigenvalue weighted by Gasteiger charge is -2.17. The molecule has 11 nitrogen and oxygen atoms in total. The van der Waals surface area contributed by atoms with Gasteiger partial charge in [0.2, 0.25) is 0 Å². The Morgan fingerprint density at radius 1 is 1.54 bits per heavy atom. The first-order chi connectivity index (χ1) is 10.9. The number of hydrogen-bond acceptors (Lipinski definition) is 8. The van der Waals surface area contributed by atoms with Crippen LogP contribution < -0.4 is 19.6 Å². The summed E-state index contributed by atoms with van der Waals surface area (Å²) >= 11 is 0. The van der Waals surface area contributed by atoms with Crippen LogP contribution in [0.5, 0.6) is 0 Å². The average Bonchev–Trinajstić information content (AvgIpc) is 2.49. The molecule has 0 radical (unpaired) electrons. The Labute approximate surface area is 138 Å². The SMILES string of the molecule is CCOC(=O)Nc1nc(C2CC=CCN2)cc[n+]1OS(=O)(=O)O.[OH-]. The van der Waals surface area contributed by atoms with Crippen LogP contribution in [0.1, 0.15) is 25.1 Å². The number of nitrogens with zero attached hydrogens (tertiary/aromatic N) is 2. The number of aromatic nitrogens is 2. The van der Waals surface area contributed by atoms with Crippen molar-refractivity contribution < 1.29 is 37.0 Å². The van der Waals surface area contributed by atoms with Gasteiger partial charge in [0.25, 0.3) is 0 Å². The first-order valence-electron chi connectivity index (χ1n) is 6.81. The lowest BCUT2D eigenvalue weighted by Crippen LogP contribution is -2.49. The third-order valence-corrected chi connectivity index (χ3v) is 3.21. The van der Waals surface area contributed by atoms with E-state index in [1.165, 1.54) is 12.3 Å². The second-order valence-corrected chi connectivity index (χ2v) is 5.52. The maximum Gasteiger partial charge on any atom is 0.476 e. The van der Waals surface area contributed by atoms with Crippen LogP contribution in [0.2, 0.25) is 0 Å². The minimum Gasteiger partial charge on any atom is -0.870 e. The second-order valence-electron chi connectivity index (χ2n) is 4.52. The van der Waals surface area contributed by atoms with E-state index in [2.05, 4.69) is 19.9 Å². The van der Waals surface area contributed by atoms with Gasteiger partial charge in [-0.25, -0.2) is 9.08 Å². The van der Waals surface area contributed by atoms with Crippen LogP contribution in [0.15, 0.2) is 24.4 Å². The summed E-state index contributed by atoms with van der Waals surface area (Å²) in [6.45, 7) is 2.41. The molecule has 0 fully saturated rings. The summed E-state index contributed by atoms with van der Waals surface area (Å²) in [5, 5.41) is 5.46. The van der Waals surface area contributed by atoms with E-state index >= 15 is 0 Å². The zero-order valence-electron chi connectivity index (χ0n) is 12.7. The maximum absolute atomic E-state index is 11.5. The number of carbonyl (C=O) groups excluding carboxylic acids is 1. The largest absolute Gasteiger partial charge is 0.870 e. The van der Waals surface area contributed by atoms with E-state index in [9.17, 15) is 13.2 Å². The fourth-order valence-electron chi connectivity index (χ4n) is 1.96. The van der Waals surface area contributed by atoms with Crippen LogP contribution in [0.25, 0.3) is 0 Å². The molecule has 1 atom stereocenters. The molecule has 0 saturated carbocycles. The highest BCUT2D eigenvalue weighted by Crippen LogP contribution is 2.17. The molecule has 2 heterocycles. The van der Waals surface area contributed by atoms with Crippen LogP contribution >= 0.6 is 0 Å². The molecule has 2 rings (SSSR count). The van der Waals surface area contributed by atoms with E-state index in [4.69, 9.17) is 9.29 Å². The van der Waals surface area contributed by atoms with Crippen molar-refractivity contribution in [3.63, 3.8) is 0 Å². The molecule has 1 unspecified atom stereocenters. The highest BCUT2D eigenvalue weighted by Gasteiger charge is 2.26. The van der Waals surface area contributed by atoms with E-state index in [-0.39, 0.29) is 24.1 Å². The molecule has 1 amide bonds. The summed E-state index contributed by atoms with van der Waals surface area (Å²) in [7, 11) is -4.78. The molecule has 4 N–H and O–H groups in total. The predicted octanol–water partition coefficient (Wildman–Crippen LogP) is -0.417. The van der Waals surface area contributed by atoms with Crippen molar-refractivity contribution in [1.29, 1.82) is 0 Å². The molecular formula is C12H18N4O7S. The number of ether oxygens (including phenoxy) is 1. The molecule has 1 aromatic rings. The molecule has 0 bridgehead atoms. The van der Waals surface area contributed by atoms with Crippen LogP contribution in [-0.4, -0.2) is 42.7 Å². The number of hydrogen-bond donors (Lipinski definition) is 3. The molecule has 12 heteroatoms. The third-order valence-electron chi connectivity index (χ3n) is 2.87. The molecule has 1 aliphatic rings. The van der Waals surface area contributed by atoms with Gasteiger partial charge in [-0.15, -0.1) is 0 Å². The molecule has 0 aromatic carbocycles. The fourth-order valence-corrected chi connectivity index (χ4v) is 2.28. The van der Waals surface area contributed by atoms with Gasteiger partial charge in [-0.05, 0) is 18.1 Å². The van der Waals surface area contributed by atoms with Gasteiger partial charge in [-0.2, -0.15) is 13.7 Å². The lowest BCUT2D eigenvalue weighted by molar-refractivity contribution is -0.847. The first kappa shape index (κ1) is 19.8. The van der Waals surface area contributed by atoms with E-state index < -0.39 is 16.5 Å². The molecule has 1 aromatic heterocycles. The summed E-state index contributed by atoms with van der Waals surface area (Å²) < 4.78 is 40.2. The number of amides is 1. The monoisotopic (exact) mass is 362 g/mol. The van der Waals surface area contributed by atoms with Gasteiger partial charge in [0.15, 0.2) is 0 Å². The summed E-state index contributed by atoms with van der Waals surface area (Å²) in [5.74, 6) is -0.241. The smallest absolute Gasteiger partial charge is 0.476 e. The number of rotatable bonds is 5. The van der Waals surface area contributed by atoms with Crippen LogP contribution in [0, 0.1) is 0 Å². The molecule has 1 aliphatic heterocycles. The van der Waals surface area contributed by atoms with Crippen molar-refractivity contribution in [3.05, 3.63) is 30.1 Å². The second kappa shape index (κ2) is 8.54. The van der Waals surface area contributed by atoms with E-state index in [0.717, 1.165) is 0 Å². The van der Waals surface area contributed by atoms with Gasteiger partial charge in [0.05, 0.1) is 12.6 Å². The normalized spacial score (nSPS) is 16.8. The quantitative estimate of drug-likeness (QED) is 0.359. The van der Waals surface area contributed by atoms with E-state index in [1.807, 2.05) is 12.2 Å². The maximum atomic E-state index is 11.5. The summed E-state index contributed by atoms with van der Waals surface area (Å²) in [5.41, 5.74) is 0.566. The number of anilines is 1. The minimum absolute atomic E-state index is 0. The topological polar surface area (TPSA) is 161 Å². The minimum atomic E-state index is -4.78. The number of nitrogens with one attached hydrogen (secondary N) is 2. The van der Waals surface area contributed by atoms with Gasteiger partial charge >= 0.3 is 22.4 Å². The Morgan fingerprint density at radius 3 is 2.88 bits per heavy atom. The van der Waals surface area contributed by atoms with Crippen molar-refractivity contribution in [2.24, 2.45) is 0 Å². The first-order valence-corrected chi connectivity index (χ1v) is 8.17. The van der Waals surface area contributed by atoms with Crippen molar-refractivity contribution in [2.45, 2.75) is 19.4 Å². The highest BCUT2D eigenvalue weighted by atomic mass is 32.3. The third kappa shape index (κ3) is 5.73. The molecule has 0 saturated heterocycles. The van der Waals surface area contributed by atoms with E-state index in [0.29, 0.717) is 23.4 Å². The Hall–Kier alpha value is -2.28. The Morgan fingerprint density at radius 2 is 2.29 bits per heavy atom. The van der Waals surface area contributed by atoms with Gasteiger partial charge in [-0.3, -0.25) is 4.55 Å². The van der Waals surface area contributed by atoms with Crippen LogP contribution in [-0.2, 0) is 15.1 Å². The standard InChI is InChI=1S/C12H16N4O6S.H2O/c1-2-21-12(17)15-11-14-10(9-5-3-4-7-13-9)6-8-16(11)22-23(18,19)20;/h3-4,6,8-9,13H,2,5,7H2,1H3,(H,18,19,20);1H2. The van der Waals surface area contributed by atoms with Gasteiger partial charge in [0.1, 0.15) is 11.9 Å². The lowest BCUT2D eigenvalue weighted by atomic mass is 10.1. The van der Waals surface area contributed by atoms with Crippen molar-refractivity contribution in [2.75, 3.05) is 18.5 Å². The highest BCUT2D eigenvalue weighted by molar-refractivity contribution is 7.80. The van der Waals surface area contributed by atoms with Gasteiger partial charge < -0.3 is 15.5 Å². The van der Waals surface area contributed by atoms with Crippen molar-refractivity contribution in [1.82, 2.24) is 10.3 Å². The molecule has 134 valence electrons. The zero-order valence-corrected chi connectivity index (χ0v) is 13.6. The van der Waals surface area contributed by atoms with Crippen LogP contribution in [0.4, 0.5) is 10.7 Å². The molecule has 24 heavy (non-hydrogen) atoms. The van der Waals surface area contributed by atoms with Crippen molar-refractivity contribution >= 4 is 22.4 Å². The summed E-state index contributed by atoms with van der Waals surface area (Å²) in [6.07, 6.45) is 5.03. The number of carbonyl (C=O) groups is 1. The Kier molecular flexibility index (Phi) is 7.03. The Bertz CT molecular complexity index is 707. The van der Waals surface area contributed by atoms with Crippen molar-refractivity contribution in [3.8, 4) is 0 Å². The molecule has 0 aliphatic carbocycles. The summed E-state index contributed by atoms with van der Waals surface area (Å²) in [6, 6.07) is 1.42. The zero-order chi connectivity index (χ0) is 16.9.